The summed E-state index contributed by atoms with van der Waals surface area (Å²) in [4.78, 5) is 25.4. The molecule has 6 rings (SSSR count). The van der Waals surface area contributed by atoms with Crippen molar-refractivity contribution in [2.45, 2.75) is 70.5 Å². The van der Waals surface area contributed by atoms with Crippen molar-refractivity contribution < 1.29 is 45.0 Å². The first-order chi connectivity index (χ1) is 17.6. The molecule has 4 fully saturated rings. The summed E-state index contributed by atoms with van der Waals surface area (Å²) in [6.07, 6.45) is 5.69. The van der Waals surface area contributed by atoms with Gasteiger partial charge in [-0.2, -0.15) is 0 Å². The molecule has 0 aliphatic heterocycles. The quantitative estimate of drug-likeness (QED) is 0.247. The van der Waals surface area contributed by atoms with Crippen molar-refractivity contribution in [3.63, 3.8) is 0 Å². The van der Waals surface area contributed by atoms with Gasteiger partial charge in [0.2, 0.25) is 0 Å². The molecule has 5 nitrogen and oxygen atoms in total. The predicted octanol–water partition coefficient (Wildman–Crippen LogP) is 2.97. The zero-order valence-corrected chi connectivity index (χ0v) is 24.1. The fourth-order valence-electron chi connectivity index (χ4n) is 7.04. The molecular formula is C31H36IO5-. The van der Waals surface area contributed by atoms with E-state index in [0.717, 1.165) is 32.1 Å². The molecule has 6 heteroatoms. The average molecular weight is 616 g/mol. The van der Waals surface area contributed by atoms with Gasteiger partial charge < -0.3 is 4.74 Å². The van der Waals surface area contributed by atoms with Crippen LogP contribution in [0.25, 0.3) is 0 Å². The molecule has 0 aromatic heterocycles. The Morgan fingerprint density at radius 1 is 0.973 bits per heavy atom. The van der Waals surface area contributed by atoms with Crippen molar-refractivity contribution in [2.24, 2.45) is 17.3 Å². The van der Waals surface area contributed by atoms with Gasteiger partial charge in [-0.15, -0.1) is 0 Å². The fraction of sp³-hybridized carbons (Fsp3) is 0.484. The van der Waals surface area contributed by atoms with Gasteiger partial charge in [-0.25, -0.2) is 4.79 Å². The van der Waals surface area contributed by atoms with E-state index in [0.29, 0.717) is 23.2 Å². The molecule has 2 atom stereocenters. The minimum atomic E-state index is -0.654. The first-order valence-corrected chi connectivity index (χ1v) is 15.3. The molecule has 2 aromatic rings. The van der Waals surface area contributed by atoms with E-state index < -0.39 is 11.2 Å². The van der Waals surface area contributed by atoms with E-state index in [1.54, 1.807) is 6.92 Å². The minimum absolute atomic E-state index is 0.106. The summed E-state index contributed by atoms with van der Waals surface area (Å²) in [5.74, 6) is 0.968. The number of hydrogen-bond donors (Lipinski definition) is 0. The molecule has 0 saturated heterocycles. The number of esters is 2. The van der Waals surface area contributed by atoms with Crippen LogP contribution in [-0.2, 0) is 19.1 Å². The van der Waals surface area contributed by atoms with E-state index in [1.807, 2.05) is 32.0 Å². The summed E-state index contributed by atoms with van der Waals surface area (Å²) in [6.45, 7) is 9.36. The Balaban J connectivity index is 1.21. The molecule has 0 radical (unpaired) electrons. The van der Waals surface area contributed by atoms with Crippen LogP contribution in [0.4, 0.5) is 0 Å². The first kappa shape index (κ1) is 26.3. The van der Waals surface area contributed by atoms with Gasteiger partial charge in [-0.1, -0.05) is 6.58 Å². The summed E-state index contributed by atoms with van der Waals surface area (Å²) in [5, 5.41) is 0. The maximum absolute atomic E-state index is 13.0. The second-order valence-corrected chi connectivity index (χ2v) is 14.7. The van der Waals surface area contributed by atoms with Crippen molar-refractivity contribution in [3.05, 3.63) is 73.9 Å². The molecule has 4 saturated carbocycles. The van der Waals surface area contributed by atoms with Crippen LogP contribution in [0.5, 0.6) is 5.75 Å². The summed E-state index contributed by atoms with van der Waals surface area (Å²) >= 11 is -0.235. The van der Waals surface area contributed by atoms with Gasteiger partial charge in [0.1, 0.15) is 0 Å². The zero-order chi connectivity index (χ0) is 26.3. The summed E-state index contributed by atoms with van der Waals surface area (Å²) < 4.78 is 20.7. The molecule has 37 heavy (non-hydrogen) atoms. The van der Waals surface area contributed by atoms with Gasteiger partial charge in [-0.05, 0) is 20.8 Å². The number of carbonyl (C=O) groups is 2. The van der Waals surface area contributed by atoms with Crippen LogP contribution < -0.4 is 25.9 Å². The molecule has 4 bridgehead atoms. The van der Waals surface area contributed by atoms with E-state index >= 15 is 0 Å². The maximum atomic E-state index is 13.0. The van der Waals surface area contributed by atoms with E-state index in [2.05, 4.69) is 43.0 Å². The molecule has 4 aliphatic rings. The Morgan fingerprint density at radius 3 is 2.22 bits per heavy atom. The van der Waals surface area contributed by atoms with Gasteiger partial charge in [0.25, 0.3) is 0 Å². The SMILES string of the molecule is C=C(C)C(=O)OC(C)(C)C12CC3CC(CC(OC(=O)COc4ccc([I-]c5ccccc5)cc4)(C3)C1)C2. The third-order valence-electron chi connectivity index (χ3n) is 8.43. The van der Waals surface area contributed by atoms with E-state index in [4.69, 9.17) is 14.2 Å². The average Bonchev–Trinajstić information content (AvgIpc) is 2.83. The first-order valence-electron chi connectivity index (χ1n) is 13.1. The van der Waals surface area contributed by atoms with Gasteiger partial charge in [0.15, 0.2) is 0 Å². The normalized spacial score (nSPS) is 28.1. The number of carbonyl (C=O) groups excluding carboxylic acids is 2. The third kappa shape index (κ3) is 5.59. The second-order valence-electron chi connectivity index (χ2n) is 11.7. The molecule has 198 valence electrons. The number of ether oxygens (including phenoxy) is 3. The fourth-order valence-corrected chi connectivity index (χ4v) is 9.25. The molecule has 0 spiro atoms. The monoisotopic (exact) mass is 615 g/mol. The van der Waals surface area contributed by atoms with Crippen LogP contribution >= 0.6 is 0 Å². The Bertz CT molecular complexity index is 1160. The Kier molecular flexibility index (Phi) is 7.16. The zero-order valence-electron chi connectivity index (χ0n) is 21.9. The van der Waals surface area contributed by atoms with Gasteiger partial charge in [-0.3, -0.25) is 0 Å². The van der Waals surface area contributed by atoms with Gasteiger partial charge in [0, 0.05) is 5.57 Å². The van der Waals surface area contributed by atoms with Crippen LogP contribution in [0.3, 0.4) is 0 Å². The summed E-state index contributed by atoms with van der Waals surface area (Å²) in [6, 6.07) is 18.5. The second kappa shape index (κ2) is 10.1. The van der Waals surface area contributed by atoms with Gasteiger partial charge in [0.05, 0.1) is 0 Å². The van der Waals surface area contributed by atoms with E-state index in [9.17, 15) is 9.59 Å². The molecule has 2 aromatic carbocycles. The third-order valence-corrected chi connectivity index (χ3v) is 11.1. The van der Waals surface area contributed by atoms with Crippen LogP contribution in [0.2, 0.25) is 0 Å². The topological polar surface area (TPSA) is 61.8 Å². The van der Waals surface area contributed by atoms with Crippen molar-refractivity contribution in [3.8, 4) is 5.75 Å². The molecule has 0 N–H and O–H groups in total. The van der Waals surface area contributed by atoms with Crippen molar-refractivity contribution in [1.29, 1.82) is 0 Å². The van der Waals surface area contributed by atoms with Crippen molar-refractivity contribution >= 4 is 11.9 Å². The van der Waals surface area contributed by atoms with Crippen molar-refractivity contribution in [1.82, 2.24) is 0 Å². The summed E-state index contributed by atoms with van der Waals surface area (Å²) in [5.41, 5.74) is -0.937. The summed E-state index contributed by atoms with van der Waals surface area (Å²) in [7, 11) is 0. The van der Waals surface area contributed by atoms with E-state index in [1.165, 1.54) is 13.6 Å². The number of benzene rings is 2. The number of rotatable bonds is 9. The van der Waals surface area contributed by atoms with Crippen molar-refractivity contribution in [2.75, 3.05) is 6.61 Å². The van der Waals surface area contributed by atoms with Crippen LogP contribution in [0.1, 0.15) is 59.3 Å². The van der Waals surface area contributed by atoms with Crippen LogP contribution in [-0.4, -0.2) is 29.7 Å². The molecule has 4 aliphatic carbocycles. The number of halogens is 1. The Morgan fingerprint density at radius 2 is 1.59 bits per heavy atom. The Labute approximate surface area is 230 Å². The predicted molar refractivity (Wildman–Crippen MR) is 137 cm³/mol. The number of hydrogen-bond acceptors (Lipinski definition) is 5. The molecule has 0 amide bonds. The molecular weight excluding hydrogens is 579 g/mol. The van der Waals surface area contributed by atoms with Gasteiger partial charge >= 0.3 is 188 Å². The molecule has 0 heterocycles. The standard InChI is InChI=1S/C31H36IO5/c1-21(2)28(34)37-29(3,4)30-15-22-14-23(16-30)18-31(17-22,20-30)36-27(33)19-35-26-12-10-25(11-13-26)32-24-8-6-5-7-9-24/h5-13,22-23H,1,14-20H2,2-4H3/q-1. The van der Waals surface area contributed by atoms with E-state index in [-0.39, 0.29) is 45.2 Å². The van der Waals surface area contributed by atoms with Crippen LogP contribution in [0.15, 0.2) is 66.7 Å². The Hall–Kier alpha value is -2.35. The van der Waals surface area contributed by atoms with Crippen LogP contribution in [0, 0.1) is 24.4 Å². The molecule has 2 unspecified atom stereocenters.